The van der Waals surface area contributed by atoms with Crippen LogP contribution in [0.25, 0.3) is 0 Å². The molecule has 0 spiro atoms. The summed E-state index contributed by atoms with van der Waals surface area (Å²) in [7, 11) is 0. The monoisotopic (exact) mass is 628 g/mol. The molecule has 0 aromatic heterocycles. The topological polar surface area (TPSA) is 58.2 Å². The lowest BCUT2D eigenvalue weighted by molar-refractivity contribution is -0.117. The van der Waals surface area contributed by atoms with Gasteiger partial charge < -0.3 is 10.6 Å². The highest BCUT2D eigenvalue weighted by molar-refractivity contribution is 6.53. The van der Waals surface area contributed by atoms with Crippen molar-refractivity contribution in [2.75, 3.05) is 5.32 Å². The smallest absolute Gasteiger partial charge is 0.326 e. The van der Waals surface area contributed by atoms with Crippen molar-refractivity contribution in [1.82, 2.24) is 5.32 Å². The molecule has 13 heteroatoms. The number of alkyl halides is 5. The molecule has 3 rings (SSSR count). The van der Waals surface area contributed by atoms with Crippen molar-refractivity contribution < 1.29 is 27.2 Å². The van der Waals surface area contributed by atoms with Gasteiger partial charge in [-0.1, -0.05) is 41.4 Å². The second-order valence-corrected chi connectivity index (χ2v) is 11.0. The van der Waals surface area contributed by atoms with E-state index in [9.17, 15) is 27.2 Å². The number of halogens is 9. The average Bonchev–Trinajstić information content (AvgIpc) is 3.37. The fourth-order valence-electron chi connectivity index (χ4n) is 3.58. The van der Waals surface area contributed by atoms with Crippen molar-refractivity contribution in [1.29, 1.82) is 0 Å². The highest BCUT2D eigenvalue weighted by Gasteiger charge is 2.67. The number of nitrogens with one attached hydrogen (secondary N) is 2. The summed E-state index contributed by atoms with van der Waals surface area (Å²) in [6.45, 7) is 3.93. The maximum absolute atomic E-state index is 13.2. The first kappa shape index (κ1) is 30.3. The molecule has 1 aliphatic carbocycles. The lowest BCUT2D eigenvalue weighted by Gasteiger charge is -2.16. The van der Waals surface area contributed by atoms with Gasteiger partial charge in [-0.05, 0) is 61.0 Å². The molecule has 0 radical (unpaired) electrons. The third-order valence-corrected chi connectivity index (χ3v) is 7.16. The van der Waals surface area contributed by atoms with E-state index < -0.39 is 51.3 Å². The normalized spacial score (nSPS) is 19.1. The number of carbonyl (C=O) groups excluding carboxylic acids is 2. The first-order valence-electron chi connectivity index (χ1n) is 10.6. The molecule has 0 aliphatic heterocycles. The Labute approximate surface area is 240 Å². The van der Waals surface area contributed by atoms with Gasteiger partial charge in [-0.2, -0.15) is 13.2 Å². The first-order chi connectivity index (χ1) is 17.5. The molecule has 2 aromatic rings. The van der Waals surface area contributed by atoms with E-state index in [0.717, 1.165) is 25.1 Å². The Morgan fingerprint density at radius 3 is 2.18 bits per heavy atom. The molecule has 0 saturated heterocycles. The number of rotatable bonds is 7. The van der Waals surface area contributed by atoms with Crippen LogP contribution in [-0.2, 0) is 4.79 Å². The molecular weight excluding hydrogens is 614 g/mol. The van der Waals surface area contributed by atoms with Crippen LogP contribution in [0.4, 0.5) is 23.2 Å². The van der Waals surface area contributed by atoms with Gasteiger partial charge in [-0.25, -0.2) is 4.39 Å². The molecule has 1 aliphatic rings. The zero-order valence-corrected chi connectivity index (χ0v) is 23.0. The van der Waals surface area contributed by atoms with Crippen molar-refractivity contribution in [2.45, 2.75) is 23.4 Å². The lowest BCUT2D eigenvalue weighted by Crippen LogP contribution is -2.28. The molecule has 2 unspecified atom stereocenters. The Bertz CT molecular complexity index is 1350. The Hall–Kier alpha value is -2.23. The predicted molar refractivity (Wildman–Crippen MR) is 143 cm³/mol. The van der Waals surface area contributed by atoms with Crippen LogP contribution < -0.4 is 10.6 Å². The third kappa shape index (κ3) is 7.04. The third-order valence-electron chi connectivity index (χ3n) is 5.45. The predicted octanol–water partition coefficient (Wildman–Crippen LogP) is 8.78. The molecule has 4 nitrogen and oxygen atoms in total. The summed E-state index contributed by atoms with van der Waals surface area (Å²) in [4.78, 5) is 25.8. The van der Waals surface area contributed by atoms with E-state index in [1.54, 1.807) is 12.1 Å². The lowest BCUT2D eigenvalue weighted by atomic mass is 10.1. The van der Waals surface area contributed by atoms with Crippen molar-refractivity contribution >= 4 is 75.5 Å². The van der Waals surface area contributed by atoms with Gasteiger partial charge >= 0.3 is 6.18 Å². The average molecular weight is 631 g/mol. The fourth-order valence-corrected chi connectivity index (χ4v) is 5.15. The van der Waals surface area contributed by atoms with Crippen LogP contribution in [0.15, 0.2) is 72.2 Å². The van der Waals surface area contributed by atoms with Gasteiger partial charge in [0.05, 0.1) is 33.6 Å². The minimum Gasteiger partial charge on any atom is -0.326 e. The highest BCUT2D eigenvalue weighted by atomic mass is 35.5. The zero-order chi connectivity index (χ0) is 28.6. The number of anilines is 1. The van der Waals surface area contributed by atoms with Gasteiger partial charge in [0.25, 0.3) is 5.91 Å². The molecule has 1 saturated carbocycles. The molecule has 2 N–H and O–H groups in total. The standard InChI is InChI=1S/C25H17Cl5F4N2O2/c1-11(31)3-6-19(12(2)25(32,33)34)36-22(37)17-10-16(4-5-18(17)28)35-23(38)21-20(24(21,29)30)13-7-14(26)9-15(27)8-13/h3-10,20-21H,2H2,1H3,(H,35,38)(H,36,37)/b11-3+,19-6+. The van der Waals surface area contributed by atoms with Crippen molar-refractivity contribution in [2.24, 2.45) is 5.92 Å². The van der Waals surface area contributed by atoms with Crippen LogP contribution in [0.2, 0.25) is 15.1 Å². The van der Waals surface area contributed by atoms with Crippen molar-refractivity contribution in [3.05, 3.63) is 98.4 Å². The second kappa shape index (κ2) is 11.5. The highest BCUT2D eigenvalue weighted by Crippen LogP contribution is 2.65. The number of benzene rings is 2. The molecule has 1 fully saturated rings. The van der Waals surface area contributed by atoms with Crippen molar-refractivity contribution in [3.63, 3.8) is 0 Å². The minimum atomic E-state index is -4.90. The summed E-state index contributed by atoms with van der Waals surface area (Å²) >= 11 is 30.9. The number of hydrogen-bond acceptors (Lipinski definition) is 2. The van der Waals surface area contributed by atoms with E-state index in [2.05, 4.69) is 11.9 Å². The molecule has 38 heavy (non-hydrogen) atoms. The van der Waals surface area contributed by atoms with E-state index in [4.69, 9.17) is 58.0 Å². The molecular formula is C25H17Cl5F4N2O2. The number of hydrogen-bond donors (Lipinski definition) is 2. The zero-order valence-electron chi connectivity index (χ0n) is 19.2. The van der Waals surface area contributed by atoms with Gasteiger partial charge in [0.1, 0.15) is 4.33 Å². The van der Waals surface area contributed by atoms with Crippen LogP contribution in [0.5, 0.6) is 0 Å². The van der Waals surface area contributed by atoms with E-state index in [0.29, 0.717) is 15.6 Å². The van der Waals surface area contributed by atoms with Gasteiger partial charge in [0, 0.05) is 21.7 Å². The maximum atomic E-state index is 13.2. The van der Waals surface area contributed by atoms with Crippen LogP contribution in [-0.4, -0.2) is 22.3 Å². The van der Waals surface area contributed by atoms with Crippen LogP contribution in [0, 0.1) is 5.92 Å². The van der Waals surface area contributed by atoms with Crippen LogP contribution in [0.3, 0.4) is 0 Å². The molecule has 0 bridgehead atoms. The molecule has 0 heterocycles. The van der Waals surface area contributed by atoms with E-state index in [1.807, 2.05) is 5.32 Å². The first-order valence-corrected chi connectivity index (χ1v) is 12.5. The van der Waals surface area contributed by atoms with Gasteiger partial charge in [0.2, 0.25) is 5.91 Å². The summed E-state index contributed by atoms with van der Waals surface area (Å²) in [5.74, 6) is -4.00. The van der Waals surface area contributed by atoms with E-state index in [-0.39, 0.29) is 16.3 Å². The molecule has 202 valence electrons. The SMILES string of the molecule is C=C(/C(=C\C=C(/C)F)NC(=O)c1cc(NC(=O)C2C(c3cc(Cl)cc(Cl)c3)C2(Cl)Cl)ccc1Cl)C(F)(F)F. The Morgan fingerprint density at radius 1 is 1.03 bits per heavy atom. The summed E-state index contributed by atoms with van der Waals surface area (Å²) in [5, 5.41) is 5.13. The number of amides is 2. The summed E-state index contributed by atoms with van der Waals surface area (Å²) in [5.41, 5.74) is -1.84. The van der Waals surface area contributed by atoms with Gasteiger partial charge in [-0.15, -0.1) is 23.2 Å². The number of allylic oxidation sites excluding steroid dienone is 4. The van der Waals surface area contributed by atoms with Crippen molar-refractivity contribution in [3.8, 4) is 0 Å². The van der Waals surface area contributed by atoms with E-state index in [1.165, 1.54) is 18.2 Å². The van der Waals surface area contributed by atoms with Gasteiger partial charge in [0.15, 0.2) is 0 Å². The number of carbonyl (C=O) groups is 2. The Balaban J connectivity index is 1.82. The molecule has 2 atom stereocenters. The molecule has 2 aromatic carbocycles. The Morgan fingerprint density at radius 2 is 1.63 bits per heavy atom. The van der Waals surface area contributed by atoms with Crippen LogP contribution in [0.1, 0.15) is 28.8 Å². The molecule has 2 amide bonds. The quantitative estimate of drug-likeness (QED) is 0.183. The minimum absolute atomic E-state index is 0.0862. The van der Waals surface area contributed by atoms with Gasteiger partial charge in [-0.3, -0.25) is 9.59 Å². The Kier molecular flexibility index (Phi) is 9.16. The second-order valence-electron chi connectivity index (χ2n) is 8.28. The van der Waals surface area contributed by atoms with E-state index >= 15 is 0 Å². The maximum Gasteiger partial charge on any atom is 0.417 e. The largest absolute Gasteiger partial charge is 0.417 e. The fraction of sp³-hybridized carbons (Fsp3) is 0.200. The summed E-state index contributed by atoms with van der Waals surface area (Å²) < 4.78 is 51.2. The summed E-state index contributed by atoms with van der Waals surface area (Å²) in [6, 6.07) is 8.45. The van der Waals surface area contributed by atoms with Crippen LogP contribution >= 0.6 is 58.0 Å². The summed E-state index contributed by atoms with van der Waals surface area (Å²) in [6.07, 6.45) is -3.45.